The highest BCUT2D eigenvalue weighted by molar-refractivity contribution is 7.90. The van der Waals surface area contributed by atoms with E-state index in [1.165, 1.54) is 6.26 Å². The number of nitrogens with zero attached hydrogens (tertiary/aromatic N) is 1. The first-order valence-corrected chi connectivity index (χ1v) is 9.77. The van der Waals surface area contributed by atoms with Crippen LogP contribution in [0.25, 0.3) is 0 Å². The van der Waals surface area contributed by atoms with E-state index in [1.807, 2.05) is 4.90 Å². The lowest BCUT2D eigenvalue weighted by atomic mass is 10.2. The van der Waals surface area contributed by atoms with Gasteiger partial charge in [-0.15, -0.1) is 0 Å². The molecule has 0 aromatic heterocycles. The number of piperazine rings is 1. The van der Waals surface area contributed by atoms with E-state index >= 15 is 0 Å². The lowest BCUT2D eigenvalue weighted by Gasteiger charge is -2.27. The molecule has 0 spiro atoms. The van der Waals surface area contributed by atoms with E-state index in [0.29, 0.717) is 18.8 Å². The number of nitrogens with one attached hydrogen (secondary N) is 1. The van der Waals surface area contributed by atoms with Crippen LogP contribution in [0.1, 0.15) is 19.3 Å². The van der Waals surface area contributed by atoms with Gasteiger partial charge in [0.05, 0.1) is 11.5 Å². The summed E-state index contributed by atoms with van der Waals surface area (Å²) >= 11 is 0. The van der Waals surface area contributed by atoms with Crippen molar-refractivity contribution in [1.82, 2.24) is 10.2 Å². The van der Waals surface area contributed by atoms with Crippen LogP contribution in [-0.2, 0) is 14.6 Å². The Labute approximate surface area is 137 Å². The molecule has 0 bridgehead atoms. The van der Waals surface area contributed by atoms with E-state index in [2.05, 4.69) is 5.32 Å². The average Bonchev–Trinajstić information content (AvgIpc) is 2.55. The number of hydrogen-bond acceptors (Lipinski definition) is 5. The largest absolute Gasteiger partial charge is 0.494 e. The smallest absolute Gasteiger partial charge is 0.222 e. The van der Waals surface area contributed by atoms with Crippen molar-refractivity contribution in [2.24, 2.45) is 0 Å². The van der Waals surface area contributed by atoms with Gasteiger partial charge in [-0.2, -0.15) is 0 Å². The number of carbonyl (C=O) groups is 1. The molecule has 1 aliphatic heterocycles. The van der Waals surface area contributed by atoms with Gasteiger partial charge < -0.3 is 15.0 Å². The predicted octanol–water partition coefficient (Wildman–Crippen LogP) is 1.07. The van der Waals surface area contributed by atoms with Crippen molar-refractivity contribution < 1.29 is 17.9 Å². The molecule has 1 fully saturated rings. The van der Waals surface area contributed by atoms with Gasteiger partial charge in [0.1, 0.15) is 5.75 Å². The Bertz CT molecular complexity index is 607. The molecule has 1 amide bonds. The van der Waals surface area contributed by atoms with Crippen LogP contribution in [0.3, 0.4) is 0 Å². The minimum atomic E-state index is -3.17. The van der Waals surface area contributed by atoms with Crippen molar-refractivity contribution in [3.63, 3.8) is 0 Å². The fraction of sp³-hybridized carbons (Fsp3) is 0.562. The second-order valence-corrected chi connectivity index (χ2v) is 7.70. The van der Waals surface area contributed by atoms with E-state index < -0.39 is 9.84 Å². The van der Waals surface area contributed by atoms with Gasteiger partial charge in [0, 0.05) is 38.9 Å². The van der Waals surface area contributed by atoms with Crippen LogP contribution in [0, 0.1) is 0 Å². The first kappa shape index (κ1) is 17.7. The van der Waals surface area contributed by atoms with Crippen molar-refractivity contribution in [3.05, 3.63) is 24.3 Å². The number of amides is 1. The number of carbonyl (C=O) groups excluding carboxylic acids is 1. The summed E-state index contributed by atoms with van der Waals surface area (Å²) in [6, 6.07) is 6.39. The van der Waals surface area contributed by atoms with Gasteiger partial charge in [-0.3, -0.25) is 4.79 Å². The van der Waals surface area contributed by atoms with Crippen LogP contribution in [0.15, 0.2) is 29.2 Å². The molecule has 0 atom stereocenters. The molecule has 1 aromatic rings. The van der Waals surface area contributed by atoms with Crippen LogP contribution in [0.4, 0.5) is 0 Å². The number of unbranched alkanes of at least 4 members (excludes halogenated alkanes) is 1. The van der Waals surface area contributed by atoms with E-state index in [4.69, 9.17) is 4.74 Å². The van der Waals surface area contributed by atoms with E-state index in [0.717, 1.165) is 39.0 Å². The Kier molecular flexibility index (Phi) is 6.41. The van der Waals surface area contributed by atoms with Crippen LogP contribution in [-0.4, -0.2) is 58.3 Å². The maximum Gasteiger partial charge on any atom is 0.222 e. The SMILES string of the molecule is CS(=O)(=O)c1ccc(OCCCCC(=O)N2CCNCC2)cc1. The minimum absolute atomic E-state index is 0.212. The van der Waals surface area contributed by atoms with E-state index in [1.54, 1.807) is 24.3 Å². The van der Waals surface area contributed by atoms with Crippen molar-refractivity contribution in [2.75, 3.05) is 39.0 Å². The normalized spacial score (nSPS) is 15.4. The van der Waals surface area contributed by atoms with Crippen molar-refractivity contribution in [2.45, 2.75) is 24.2 Å². The molecular formula is C16H24N2O4S. The highest BCUT2D eigenvalue weighted by Gasteiger charge is 2.15. The summed E-state index contributed by atoms with van der Waals surface area (Å²) < 4.78 is 28.3. The molecule has 0 saturated carbocycles. The highest BCUT2D eigenvalue weighted by atomic mass is 32.2. The number of hydrogen-bond donors (Lipinski definition) is 1. The van der Waals surface area contributed by atoms with Crippen LogP contribution in [0.5, 0.6) is 5.75 Å². The van der Waals surface area contributed by atoms with Crippen molar-refractivity contribution in [1.29, 1.82) is 0 Å². The molecule has 0 aliphatic carbocycles. The second kappa shape index (κ2) is 8.31. The minimum Gasteiger partial charge on any atom is -0.494 e. The molecule has 0 radical (unpaired) electrons. The number of sulfone groups is 1. The van der Waals surface area contributed by atoms with Gasteiger partial charge in [-0.05, 0) is 37.1 Å². The number of ether oxygens (including phenoxy) is 1. The van der Waals surface area contributed by atoms with Gasteiger partial charge in [-0.25, -0.2) is 8.42 Å². The standard InChI is InChI=1S/C16H24N2O4S/c1-23(20,21)15-7-5-14(6-8-15)22-13-3-2-4-16(19)18-11-9-17-10-12-18/h5-8,17H,2-4,9-13H2,1H3. The third-order valence-corrected chi connectivity index (χ3v) is 4.90. The van der Waals surface area contributed by atoms with Crippen molar-refractivity contribution in [3.8, 4) is 5.75 Å². The summed E-state index contributed by atoms with van der Waals surface area (Å²) in [7, 11) is -3.17. The predicted molar refractivity (Wildman–Crippen MR) is 88.3 cm³/mol. The molecule has 1 N–H and O–H groups in total. The number of benzene rings is 1. The Morgan fingerprint density at radius 1 is 1.17 bits per heavy atom. The van der Waals surface area contributed by atoms with E-state index in [-0.39, 0.29) is 10.8 Å². The summed E-state index contributed by atoms with van der Waals surface area (Å²) in [4.78, 5) is 14.2. The molecule has 128 valence electrons. The topological polar surface area (TPSA) is 75.7 Å². The summed E-state index contributed by atoms with van der Waals surface area (Å²) in [5.74, 6) is 0.856. The molecule has 1 saturated heterocycles. The zero-order chi connectivity index (χ0) is 16.7. The fourth-order valence-electron chi connectivity index (χ4n) is 2.42. The third-order valence-electron chi connectivity index (χ3n) is 3.78. The van der Waals surface area contributed by atoms with Gasteiger partial charge in [0.15, 0.2) is 9.84 Å². The Hall–Kier alpha value is -1.60. The first-order valence-electron chi connectivity index (χ1n) is 7.88. The molecule has 1 aliphatic rings. The zero-order valence-electron chi connectivity index (χ0n) is 13.5. The summed E-state index contributed by atoms with van der Waals surface area (Å²) in [5, 5.41) is 3.23. The maximum atomic E-state index is 12.0. The van der Waals surface area contributed by atoms with Crippen LogP contribution < -0.4 is 10.1 Å². The van der Waals surface area contributed by atoms with Crippen LogP contribution >= 0.6 is 0 Å². The van der Waals surface area contributed by atoms with Gasteiger partial charge in [0.2, 0.25) is 5.91 Å². The third kappa shape index (κ3) is 5.84. The fourth-order valence-corrected chi connectivity index (χ4v) is 3.05. The lowest BCUT2D eigenvalue weighted by Crippen LogP contribution is -2.46. The molecule has 6 nitrogen and oxygen atoms in total. The lowest BCUT2D eigenvalue weighted by molar-refractivity contribution is -0.131. The Balaban J connectivity index is 1.64. The molecule has 1 aromatic carbocycles. The van der Waals surface area contributed by atoms with E-state index in [9.17, 15) is 13.2 Å². The first-order chi connectivity index (χ1) is 11.0. The van der Waals surface area contributed by atoms with Gasteiger partial charge >= 0.3 is 0 Å². The summed E-state index contributed by atoms with van der Waals surface area (Å²) in [6.45, 7) is 3.85. The summed E-state index contributed by atoms with van der Waals surface area (Å²) in [5.41, 5.74) is 0. The van der Waals surface area contributed by atoms with Gasteiger partial charge in [0.25, 0.3) is 0 Å². The molecule has 1 heterocycles. The molecular weight excluding hydrogens is 316 g/mol. The molecule has 0 unspecified atom stereocenters. The Morgan fingerprint density at radius 3 is 2.43 bits per heavy atom. The summed E-state index contributed by atoms with van der Waals surface area (Å²) in [6.07, 6.45) is 3.32. The Morgan fingerprint density at radius 2 is 1.83 bits per heavy atom. The van der Waals surface area contributed by atoms with Crippen LogP contribution in [0.2, 0.25) is 0 Å². The van der Waals surface area contributed by atoms with Gasteiger partial charge in [-0.1, -0.05) is 0 Å². The monoisotopic (exact) mass is 340 g/mol. The molecule has 2 rings (SSSR count). The quantitative estimate of drug-likeness (QED) is 0.752. The maximum absolute atomic E-state index is 12.0. The molecule has 7 heteroatoms. The zero-order valence-corrected chi connectivity index (χ0v) is 14.3. The number of rotatable bonds is 7. The average molecular weight is 340 g/mol. The van der Waals surface area contributed by atoms with Crippen molar-refractivity contribution >= 4 is 15.7 Å². The molecule has 23 heavy (non-hydrogen) atoms. The highest BCUT2D eigenvalue weighted by Crippen LogP contribution is 2.16. The second-order valence-electron chi connectivity index (χ2n) is 5.68.